The molecule has 1 heterocycles. The van der Waals surface area contributed by atoms with Crippen LogP contribution in [-0.2, 0) is 0 Å². The Morgan fingerprint density at radius 1 is 0.929 bits per heavy atom. The maximum absolute atomic E-state index is 5.43. The third kappa shape index (κ3) is 3.63. The van der Waals surface area contributed by atoms with Crippen molar-refractivity contribution in [3.63, 3.8) is 0 Å². The van der Waals surface area contributed by atoms with Gasteiger partial charge in [0.1, 0.15) is 5.75 Å². The molecule has 4 aromatic rings. The van der Waals surface area contributed by atoms with Crippen molar-refractivity contribution < 1.29 is 4.74 Å². The fourth-order valence-electron chi connectivity index (χ4n) is 2.92. The zero-order chi connectivity index (χ0) is 19.3. The Labute approximate surface area is 167 Å². The summed E-state index contributed by atoms with van der Waals surface area (Å²) in [6.07, 6.45) is 1.76. The molecule has 0 unspecified atom stereocenters. The molecular formula is C22H18N4OS. The van der Waals surface area contributed by atoms with Crippen molar-refractivity contribution in [2.45, 2.75) is 0 Å². The highest BCUT2D eigenvalue weighted by Crippen LogP contribution is 2.28. The number of aromatic nitrogens is 3. The van der Waals surface area contributed by atoms with Crippen molar-refractivity contribution in [2.75, 3.05) is 7.11 Å². The standard InChI is InChI=1S/C22H18N4OS/c1-27-20-10-6-5-9-19(20)21-24-25-22(28)26(21)23-15-16-11-13-18(14-12-16)17-7-3-2-4-8-17/h2-15H,1H3,(H,25,28). The van der Waals surface area contributed by atoms with Gasteiger partial charge in [-0.2, -0.15) is 14.9 Å². The molecule has 0 saturated heterocycles. The van der Waals surface area contributed by atoms with Crippen molar-refractivity contribution in [2.24, 2.45) is 5.10 Å². The lowest BCUT2D eigenvalue weighted by Gasteiger charge is -2.07. The third-order valence-corrected chi connectivity index (χ3v) is 4.60. The number of nitrogens with one attached hydrogen (secondary N) is 1. The van der Waals surface area contributed by atoms with E-state index in [0.717, 1.165) is 16.7 Å². The minimum absolute atomic E-state index is 0.415. The molecule has 6 heteroatoms. The lowest BCUT2D eigenvalue weighted by atomic mass is 10.0. The second kappa shape index (κ2) is 8.02. The molecular weight excluding hydrogens is 368 g/mol. The summed E-state index contributed by atoms with van der Waals surface area (Å²) in [7, 11) is 1.63. The van der Waals surface area contributed by atoms with E-state index in [4.69, 9.17) is 17.0 Å². The summed E-state index contributed by atoms with van der Waals surface area (Å²) in [6.45, 7) is 0. The first-order valence-corrected chi connectivity index (χ1v) is 9.18. The molecule has 138 valence electrons. The van der Waals surface area contributed by atoms with Gasteiger partial charge < -0.3 is 4.74 Å². The number of benzene rings is 3. The summed E-state index contributed by atoms with van der Waals surface area (Å²) >= 11 is 5.34. The molecule has 0 aliphatic carbocycles. The fraction of sp³-hybridized carbons (Fsp3) is 0.0455. The van der Waals surface area contributed by atoms with Crippen LogP contribution in [0.1, 0.15) is 5.56 Å². The van der Waals surface area contributed by atoms with Crippen LogP contribution in [0.3, 0.4) is 0 Å². The van der Waals surface area contributed by atoms with Crippen LogP contribution >= 0.6 is 12.2 Å². The van der Waals surface area contributed by atoms with Crippen LogP contribution in [0.15, 0.2) is 84.0 Å². The molecule has 1 aromatic heterocycles. The molecule has 0 amide bonds. The van der Waals surface area contributed by atoms with E-state index in [2.05, 4.69) is 39.6 Å². The number of hydrogen-bond donors (Lipinski definition) is 1. The first-order chi connectivity index (χ1) is 13.8. The van der Waals surface area contributed by atoms with Crippen molar-refractivity contribution >= 4 is 18.4 Å². The minimum Gasteiger partial charge on any atom is -0.496 e. The van der Waals surface area contributed by atoms with Gasteiger partial charge in [0.25, 0.3) is 0 Å². The fourth-order valence-corrected chi connectivity index (χ4v) is 3.10. The van der Waals surface area contributed by atoms with Gasteiger partial charge in [0.05, 0.1) is 18.9 Å². The Morgan fingerprint density at radius 2 is 1.61 bits per heavy atom. The number of para-hydroxylation sites is 1. The Balaban J connectivity index is 1.64. The van der Waals surface area contributed by atoms with Crippen molar-refractivity contribution in [1.82, 2.24) is 14.9 Å². The average molecular weight is 386 g/mol. The minimum atomic E-state index is 0.415. The Morgan fingerprint density at radius 3 is 2.36 bits per heavy atom. The van der Waals surface area contributed by atoms with E-state index in [1.54, 1.807) is 18.0 Å². The van der Waals surface area contributed by atoms with Crippen molar-refractivity contribution in [1.29, 1.82) is 0 Å². The van der Waals surface area contributed by atoms with E-state index >= 15 is 0 Å². The molecule has 28 heavy (non-hydrogen) atoms. The molecule has 0 fully saturated rings. The van der Waals surface area contributed by atoms with Gasteiger partial charge in [0, 0.05) is 0 Å². The number of nitrogens with zero attached hydrogens (tertiary/aromatic N) is 3. The van der Waals surface area contributed by atoms with Gasteiger partial charge in [-0.05, 0) is 41.0 Å². The summed E-state index contributed by atoms with van der Waals surface area (Å²) in [4.78, 5) is 0. The van der Waals surface area contributed by atoms with Gasteiger partial charge in [0.15, 0.2) is 5.82 Å². The number of hydrogen-bond acceptors (Lipinski definition) is 4. The SMILES string of the molecule is COc1ccccc1-c1n[nH]c(=S)n1N=Cc1ccc(-c2ccccc2)cc1. The summed E-state index contributed by atoms with van der Waals surface area (Å²) < 4.78 is 7.44. The average Bonchev–Trinajstić information content (AvgIpc) is 3.13. The summed E-state index contributed by atoms with van der Waals surface area (Å²) in [5.74, 6) is 1.31. The van der Waals surface area contributed by atoms with Crippen LogP contribution < -0.4 is 4.74 Å². The van der Waals surface area contributed by atoms with Gasteiger partial charge in [-0.15, -0.1) is 0 Å². The highest BCUT2D eigenvalue weighted by molar-refractivity contribution is 7.71. The molecule has 0 radical (unpaired) electrons. The van der Waals surface area contributed by atoms with Crippen LogP contribution in [0.5, 0.6) is 5.75 Å². The van der Waals surface area contributed by atoms with Crippen LogP contribution in [-0.4, -0.2) is 28.2 Å². The highest BCUT2D eigenvalue weighted by atomic mass is 32.1. The molecule has 0 atom stereocenters. The second-order valence-corrected chi connectivity index (χ2v) is 6.48. The number of aromatic amines is 1. The lowest BCUT2D eigenvalue weighted by Crippen LogP contribution is -1.97. The van der Waals surface area contributed by atoms with Gasteiger partial charge in [0.2, 0.25) is 4.77 Å². The quantitative estimate of drug-likeness (QED) is 0.380. The van der Waals surface area contributed by atoms with E-state index in [1.165, 1.54) is 5.56 Å². The smallest absolute Gasteiger partial charge is 0.216 e. The first-order valence-electron chi connectivity index (χ1n) is 8.77. The van der Waals surface area contributed by atoms with Gasteiger partial charge in [-0.1, -0.05) is 66.7 Å². The van der Waals surface area contributed by atoms with Gasteiger partial charge in [-0.25, -0.2) is 5.10 Å². The molecule has 0 spiro atoms. The zero-order valence-electron chi connectivity index (χ0n) is 15.2. The molecule has 0 aliphatic rings. The third-order valence-electron chi connectivity index (χ3n) is 4.34. The molecule has 1 N–H and O–H groups in total. The van der Waals surface area contributed by atoms with Crippen LogP contribution in [0.2, 0.25) is 0 Å². The topological polar surface area (TPSA) is 55.2 Å². The zero-order valence-corrected chi connectivity index (χ0v) is 16.1. The molecule has 5 nitrogen and oxygen atoms in total. The predicted octanol–water partition coefficient (Wildman–Crippen LogP) is 5.17. The summed E-state index contributed by atoms with van der Waals surface area (Å²) in [5.41, 5.74) is 4.12. The second-order valence-electron chi connectivity index (χ2n) is 6.10. The van der Waals surface area contributed by atoms with E-state index in [1.807, 2.05) is 54.6 Å². The Bertz CT molecular complexity index is 1160. The monoisotopic (exact) mass is 386 g/mol. The Hall–Kier alpha value is -3.51. The molecule has 3 aromatic carbocycles. The number of ether oxygens (including phenoxy) is 1. The van der Waals surface area contributed by atoms with E-state index < -0.39 is 0 Å². The first kappa shape index (κ1) is 17.9. The largest absolute Gasteiger partial charge is 0.496 e. The van der Waals surface area contributed by atoms with Crippen LogP contribution in [0, 0.1) is 4.77 Å². The normalized spacial score (nSPS) is 11.0. The lowest BCUT2D eigenvalue weighted by molar-refractivity contribution is 0.416. The highest BCUT2D eigenvalue weighted by Gasteiger charge is 2.12. The van der Waals surface area contributed by atoms with E-state index in [9.17, 15) is 0 Å². The Kier molecular flexibility index (Phi) is 5.12. The molecule has 4 rings (SSSR count). The summed E-state index contributed by atoms with van der Waals surface area (Å²) in [5, 5.41) is 11.6. The molecule has 0 saturated carbocycles. The number of methoxy groups -OCH3 is 1. The maximum atomic E-state index is 5.43. The van der Waals surface area contributed by atoms with Crippen molar-refractivity contribution in [3.05, 3.63) is 89.2 Å². The van der Waals surface area contributed by atoms with Crippen LogP contribution in [0.4, 0.5) is 0 Å². The maximum Gasteiger partial charge on any atom is 0.216 e. The molecule has 0 bridgehead atoms. The van der Waals surface area contributed by atoms with Crippen molar-refractivity contribution in [3.8, 4) is 28.3 Å². The van der Waals surface area contributed by atoms with Crippen LogP contribution in [0.25, 0.3) is 22.5 Å². The van der Waals surface area contributed by atoms with E-state index in [-0.39, 0.29) is 0 Å². The number of H-pyrrole nitrogens is 1. The van der Waals surface area contributed by atoms with Gasteiger partial charge >= 0.3 is 0 Å². The number of rotatable bonds is 5. The van der Waals surface area contributed by atoms with Gasteiger partial charge in [-0.3, -0.25) is 0 Å². The summed E-state index contributed by atoms with van der Waals surface area (Å²) in [6, 6.07) is 26.1. The predicted molar refractivity (Wildman–Crippen MR) is 114 cm³/mol. The molecule has 0 aliphatic heterocycles. The van der Waals surface area contributed by atoms with E-state index in [0.29, 0.717) is 16.3 Å².